The molecule has 3 aromatic carbocycles. The first-order valence-electron chi connectivity index (χ1n) is 16.5. The second-order valence-electron chi connectivity index (χ2n) is 12.2. The van der Waals surface area contributed by atoms with Gasteiger partial charge in [-0.1, -0.05) is 73.5 Å². The SMILES string of the molecule is O=C(O)CCCCCCC(=O)NCc1cccc(-c2cccc(C3OC(CN4CCOCC4)CC(c4ccc(CO)cc4)O3)c2)c1. The Morgan fingerprint density at radius 1 is 0.804 bits per heavy atom. The number of carboxylic acids is 1. The summed E-state index contributed by atoms with van der Waals surface area (Å²) in [7, 11) is 0. The van der Waals surface area contributed by atoms with Gasteiger partial charge in [0, 0.05) is 51.0 Å². The minimum atomic E-state index is -0.773. The largest absolute Gasteiger partial charge is 0.481 e. The molecule has 246 valence electrons. The number of benzene rings is 3. The molecule has 2 heterocycles. The first-order chi connectivity index (χ1) is 22.5. The Balaban J connectivity index is 1.23. The van der Waals surface area contributed by atoms with Crippen LogP contribution in [0.2, 0.25) is 0 Å². The fourth-order valence-corrected chi connectivity index (χ4v) is 6.03. The zero-order valence-corrected chi connectivity index (χ0v) is 26.4. The first-order valence-corrected chi connectivity index (χ1v) is 16.5. The molecule has 3 unspecified atom stereocenters. The molecular weight excluding hydrogens is 584 g/mol. The highest BCUT2D eigenvalue weighted by Crippen LogP contribution is 2.39. The van der Waals surface area contributed by atoms with Crippen LogP contribution in [0, 0.1) is 0 Å². The number of hydrogen-bond acceptors (Lipinski definition) is 7. The third-order valence-electron chi connectivity index (χ3n) is 8.63. The van der Waals surface area contributed by atoms with Crippen LogP contribution < -0.4 is 5.32 Å². The first kappa shape index (κ1) is 33.8. The quantitative estimate of drug-likeness (QED) is 0.181. The van der Waals surface area contributed by atoms with Crippen LogP contribution in [0.1, 0.15) is 79.6 Å². The molecule has 3 N–H and O–H groups in total. The standard InChI is InChI=1S/C37H46N2O7/c40-26-27-13-15-29(16-14-27)34-23-33(25-39-17-19-44-20-18-39)45-37(46-34)32-10-6-9-31(22-32)30-8-5-7-28(21-30)24-38-35(41)11-3-1-2-4-12-36(42)43/h5-10,13-16,21-22,33-34,37,40H,1-4,11-12,17-20,23-26H2,(H,38,41)(H,42,43). The van der Waals surface area contributed by atoms with Crippen molar-refractivity contribution in [1.29, 1.82) is 0 Å². The van der Waals surface area contributed by atoms with E-state index in [9.17, 15) is 14.7 Å². The molecule has 0 bridgehead atoms. The van der Waals surface area contributed by atoms with Crippen LogP contribution in [0.15, 0.2) is 72.8 Å². The highest BCUT2D eigenvalue weighted by atomic mass is 16.7. The van der Waals surface area contributed by atoms with Gasteiger partial charge in [-0.25, -0.2) is 0 Å². The number of hydrogen-bond donors (Lipinski definition) is 3. The van der Waals surface area contributed by atoms with Crippen LogP contribution in [0.3, 0.4) is 0 Å². The Hall–Kier alpha value is -3.60. The van der Waals surface area contributed by atoms with Gasteiger partial charge in [0.05, 0.1) is 32.0 Å². The van der Waals surface area contributed by atoms with Gasteiger partial charge in [0.15, 0.2) is 6.29 Å². The second-order valence-corrected chi connectivity index (χ2v) is 12.2. The molecule has 9 nitrogen and oxygen atoms in total. The van der Waals surface area contributed by atoms with Gasteiger partial charge in [0.25, 0.3) is 0 Å². The van der Waals surface area contributed by atoms with Crippen molar-refractivity contribution >= 4 is 11.9 Å². The summed E-state index contributed by atoms with van der Waals surface area (Å²) < 4.78 is 18.7. The van der Waals surface area contributed by atoms with Crippen molar-refractivity contribution < 1.29 is 34.0 Å². The zero-order valence-electron chi connectivity index (χ0n) is 26.4. The second kappa shape index (κ2) is 17.4. The lowest BCUT2D eigenvalue weighted by atomic mass is 9.98. The average Bonchev–Trinajstić information content (AvgIpc) is 3.09. The zero-order chi connectivity index (χ0) is 32.1. The van der Waals surface area contributed by atoms with Gasteiger partial charge in [-0.15, -0.1) is 0 Å². The Labute approximate surface area is 271 Å². The summed E-state index contributed by atoms with van der Waals surface area (Å²) in [5.74, 6) is -0.768. The number of aliphatic hydroxyl groups excluding tert-OH is 1. The fourth-order valence-electron chi connectivity index (χ4n) is 6.03. The molecule has 2 saturated heterocycles. The van der Waals surface area contributed by atoms with Gasteiger partial charge >= 0.3 is 5.97 Å². The normalized spacial score (nSPS) is 20.3. The Morgan fingerprint density at radius 2 is 1.52 bits per heavy atom. The molecule has 2 aliphatic heterocycles. The van der Waals surface area contributed by atoms with Crippen LogP contribution in [0.25, 0.3) is 11.1 Å². The molecule has 1 amide bonds. The third kappa shape index (κ3) is 10.2. The average molecular weight is 631 g/mol. The number of carboxylic acid groups (broad SMARTS) is 1. The number of unbranched alkanes of at least 4 members (excludes halogenated alkanes) is 3. The summed E-state index contributed by atoms with van der Waals surface area (Å²) in [6.07, 6.45) is 3.76. The molecule has 2 aliphatic rings. The van der Waals surface area contributed by atoms with Crippen LogP contribution in [-0.4, -0.2) is 65.9 Å². The summed E-state index contributed by atoms with van der Waals surface area (Å²) >= 11 is 0. The molecule has 2 fully saturated rings. The van der Waals surface area contributed by atoms with E-state index in [1.807, 2.05) is 48.5 Å². The summed E-state index contributed by atoms with van der Waals surface area (Å²) in [4.78, 5) is 25.4. The number of rotatable bonds is 15. The molecule has 0 aromatic heterocycles. The van der Waals surface area contributed by atoms with Crippen molar-refractivity contribution in [2.75, 3.05) is 32.8 Å². The predicted octanol–water partition coefficient (Wildman–Crippen LogP) is 5.76. The molecule has 9 heteroatoms. The van der Waals surface area contributed by atoms with Gasteiger partial charge in [0.2, 0.25) is 5.91 Å². The maximum atomic E-state index is 12.4. The van der Waals surface area contributed by atoms with E-state index < -0.39 is 12.3 Å². The summed E-state index contributed by atoms with van der Waals surface area (Å²) in [6.45, 7) is 4.52. The van der Waals surface area contributed by atoms with Gasteiger partial charge in [-0.05, 0) is 52.8 Å². The van der Waals surface area contributed by atoms with Gasteiger partial charge < -0.3 is 29.7 Å². The number of morpholine rings is 1. The number of carbonyl (C=O) groups excluding carboxylic acids is 1. The number of nitrogens with one attached hydrogen (secondary N) is 1. The smallest absolute Gasteiger partial charge is 0.303 e. The maximum Gasteiger partial charge on any atom is 0.303 e. The number of nitrogens with zero attached hydrogens (tertiary/aromatic N) is 1. The van der Waals surface area contributed by atoms with Crippen molar-refractivity contribution in [3.05, 3.63) is 95.1 Å². The molecule has 46 heavy (non-hydrogen) atoms. The van der Waals surface area contributed by atoms with Crippen LogP contribution in [0.4, 0.5) is 0 Å². The summed E-state index contributed by atoms with van der Waals surface area (Å²) in [5.41, 5.74) is 5.99. The van der Waals surface area contributed by atoms with E-state index in [1.54, 1.807) is 0 Å². The molecule has 0 radical (unpaired) electrons. The van der Waals surface area contributed by atoms with Gasteiger partial charge in [0.1, 0.15) is 0 Å². The van der Waals surface area contributed by atoms with Crippen LogP contribution in [0.5, 0.6) is 0 Å². The van der Waals surface area contributed by atoms with E-state index >= 15 is 0 Å². The van der Waals surface area contributed by atoms with E-state index in [0.717, 1.165) is 91.9 Å². The highest BCUT2D eigenvalue weighted by molar-refractivity contribution is 5.76. The van der Waals surface area contributed by atoms with Gasteiger partial charge in [-0.3, -0.25) is 14.5 Å². The lowest BCUT2D eigenvalue weighted by molar-refractivity contribution is -0.253. The molecule has 0 saturated carbocycles. The number of aliphatic carboxylic acids is 1. The van der Waals surface area contributed by atoms with Crippen molar-refractivity contribution in [3.63, 3.8) is 0 Å². The number of amides is 1. The third-order valence-corrected chi connectivity index (χ3v) is 8.63. The summed E-state index contributed by atoms with van der Waals surface area (Å²) in [5, 5.41) is 21.3. The van der Waals surface area contributed by atoms with Crippen LogP contribution >= 0.6 is 0 Å². The van der Waals surface area contributed by atoms with Crippen LogP contribution in [-0.2, 0) is 37.0 Å². The lowest BCUT2D eigenvalue weighted by Crippen LogP contribution is -2.44. The minimum Gasteiger partial charge on any atom is -0.481 e. The van der Waals surface area contributed by atoms with Crippen molar-refractivity contribution in [2.24, 2.45) is 0 Å². The minimum absolute atomic E-state index is 0.00409. The fraction of sp³-hybridized carbons (Fsp3) is 0.459. The van der Waals surface area contributed by atoms with E-state index in [2.05, 4.69) is 34.5 Å². The Morgan fingerprint density at radius 3 is 2.26 bits per heavy atom. The monoisotopic (exact) mass is 630 g/mol. The highest BCUT2D eigenvalue weighted by Gasteiger charge is 2.33. The Bertz CT molecular complexity index is 1410. The Kier molecular flexibility index (Phi) is 12.7. The molecule has 5 rings (SSSR count). The maximum absolute atomic E-state index is 12.4. The van der Waals surface area contributed by atoms with E-state index in [1.165, 1.54) is 0 Å². The van der Waals surface area contributed by atoms with Crippen molar-refractivity contribution in [1.82, 2.24) is 10.2 Å². The molecular formula is C37H46N2O7. The summed E-state index contributed by atoms with van der Waals surface area (Å²) in [6, 6.07) is 24.4. The molecule has 3 atom stereocenters. The lowest BCUT2D eigenvalue weighted by Gasteiger charge is -2.39. The van der Waals surface area contributed by atoms with E-state index in [0.29, 0.717) is 19.4 Å². The molecule has 0 spiro atoms. The van der Waals surface area contributed by atoms with Crippen molar-refractivity contribution in [3.8, 4) is 11.1 Å². The molecule has 0 aliphatic carbocycles. The number of aliphatic hydroxyl groups is 1. The number of carbonyl (C=O) groups is 2. The van der Waals surface area contributed by atoms with E-state index in [4.69, 9.17) is 19.3 Å². The van der Waals surface area contributed by atoms with E-state index in [-0.39, 0.29) is 31.1 Å². The molecule has 3 aromatic rings. The number of ether oxygens (including phenoxy) is 3. The van der Waals surface area contributed by atoms with Crippen molar-refractivity contribution in [2.45, 2.75) is 76.6 Å². The predicted molar refractivity (Wildman–Crippen MR) is 175 cm³/mol. The topological polar surface area (TPSA) is 118 Å². The van der Waals surface area contributed by atoms with Gasteiger partial charge in [-0.2, -0.15) is 0 Å².